The van der Waals surface area contributed by atoms with Crippen LogP contribution in [0.4, 0.5) is 5.69 Å². The molecule has 1 fully saturated rings. The van der Waals surface area contributed by atoms with Gasteiger partial charge in [-0.2, -0.15) is 0 Å². The van der Waals surface area contributed by atoms with Crippen molar-refractivity contribution in [3.05, 3.63) is 40.3 Å². The predicted octanol–water partition coefficient (Wildman–Crippen LogP) is 3.59. The van der Waals surface area contributed by atoms with Crippen molar-refractivity contribution in [2.75, 3.05) is 5.73 Å². The molecule has 1 unspecified atom stereocenters. The minimum atomic E-state index is -0.0364. The Hall–Kier alpha value is -1.75. The number of nitrogens with one attached hydrogen (secondary N) is 1. The molecule has 112 valence electrons. The molecule has 3 N–H and O–H groups in total. The van der Waals surface area contributed by atoms with Crippen LogP contribution >= 0.6 is 11.3 Å². The summed E-state index contributed by atoms with van der Waals surface area (Å²) < 4.78 is 2.02. The van der Waals surface area contributed by atoms with Crippen LogP contribution in [0.5, 0.6) is 0 Å². The van der Waals surface area contributed by atoms with Crippen LogP contribution in [0.25, 0.3) is 0 Å². The molecule has 1 amide bonds. The first-order chi connectivity index (χ1) is 10.1. The normalized spacial score (nSPS) is 16.1. The molecule has 21 heavy (non-hydrogen) atoms. The molecule has 1 saturated carbocycles. The van der Waals surface area contributed by atoms with Crippen molar-refractivity contribution < 1.29 is 4.79 Å². The number of hydrogen-bond donors (Lipinski definition) is 2. The first-order valence-electron chi connectivity index (χ1n) is 7.38. The molecular formula is C16H21N3OS. The average Bonchev–Trinajstić information content (AvgIpc) is 2.99. The highest BCUT2D eigenvalue weighted by molar-refractivity contribution is 7.10. The largest absolute Gasteiger partial charge is 0.397 e. The standard InChI is InChI=1S/C16H21N3OS/c1-10(2)15(14-4-3-7-21-14)18-16(20)13-8-11(17)9-19(13)12-5-6-12/h3-4,7-10,12,15H,5-6,17H2,1-2H3,(H,18,20). The van der Waals surface area contributed by atoms with E-state index in [1.807, 2.05) is 22.2 Å². The van der Waals surface area contributed by atoms with Crippen molar-refractivity contribution in [2.24, 2.45) is 5.92 Å². The minimum Gasteiger partial charge on any atom is -0.397 e. The number of carbonyl (C=O) groups excluding carboxylic acids is 1. The first-order valence-corrected chi connectivity index (χ1v) is 8.26. The summed E-state index contributed by atoms with van der Waals surface area (Å²) in [6.45, 7) is 4.25. The number of aromatic nitrogens is 1. The van der Waals surface area contributed by atoms with Crippen LogP contribution in [0.15, 0.2) is 29.8 Å². The Labute approximate surface area is 129 Å². The Morgan fingerprint density at radius 3 is 2.81 bits per heavy atom. The van der Waals surface area contributed by atoms with E-state index in [4.69, 9.17) is 5.73 Å². The van der Waals surface area contributed by atoms with E-state index in [1.165, 1.54) is 4.88 Å². The molecule has 2 aromatic heterocycles. The van der Waals surface area contributed by atoms with E-state index in [1.54, 1.807) is 17.4 Å². The summed E-state index contributed by atoms with van der Waals surface area (Å²) in [4.78, 5) is 13.8. The lowest BCUT2D eigenvalue weighted by atomic mass is 10.0. The van der Waals surface area contributed by atoms with Gasteiger partial charge in [-0.15, -0.1) is 11.3 Å². The van der Waals surface area contributed by atoms with E-state index in [-0.39, 0.29) is 11.9 Å². The van der Waals surface area contributed by atoms with Crippen LogP contribution in [0.1, 0.15) is 54.1 Å². The lowest BCUT2D eigenvalue weighted by Gasteiger charge is -2.21. The molecule has 0 aromatic carbocycles. The number of nitrogens with zero attached hydrogens (tertiary/aromatic N) is 1. The number of carbonyl (C=O) groups is 1. The molecule has 4 nitrogen and oxygen atoms in total. The van der Waals surface area contributed by atoms with E-state index < -0.39 is 0 Å². The van der Waals surface area contributed by atoms with Crippen LogP contribution in [-0.4, -0.2) is 10.5 Å². The third-order valence-electron chi connectivity index (χ3n) is 3.85. The van der Waals surface area contributed by atoms with Gasteiger partial charge in [0.2, 0.25) is 0 Å². The van der Waals surface area contributed by atoms with Gasteiger partial charge in [0, 0.05) is 17.1 Å². The molecule has 0 radical (unpaired) electrons. The van der Waals surface area contributed by atoms with Crippen LogP contribution in [-0.2, 0) is 0 Å². The maximum absolute atomic E-state index is 12.6. The Morgan fingerprint density at radius 1 is 1.48 bits per heavy atom. The third-order valence-corrected chi connectivity index (χ3v) is 4.80. The second kappa shape index (κ2) is 5.56. The molecule has 1 atom stereocenters. The summed E-state index contributed by atoms with van der Waals surface area (Å²) >= 11 is 1.68. The Morgan fingerprint density at radius 2 is 2.24 bits per heavy atom. The van der Waals surface area contributed by atoms with Gasteiger partial charge in [-0.3, -0.25) is 4.79 Å². The predicted molar refractivity (Wildman–Crippen MR) is 86.5 cm³/mol. The first kappa shape index (κ1) is 14.2. The molecule has 0 spiro atoms. The summed E-state index contributed by atoms with van der Waals surface area (Å²) in [6.07, 6.45) is 4.14. The molecule has 0 aliphatic heterocycles. The SMILES string of the molecule is CC(C)C(NC(=O)c1cc(N)cn1C1CC1)c1cccs1. The summed E-state index contributed by atoms with van der Waals surface area (Å²) in [5.74, 6) is 0.306. The number of anilines is 1. The summed E-state index contributed by atoms with van der Waals surface area (Å²) in [5, 5.41) is 5.21. The van der Waals surface area contributed by atoms with Crippen molar-refractivity contribution in [3.8, 4) is 0 Å². The van der Waals surface area contributed by atoms with Crippen molar-refractivity contribution in [1.82, 2.24) is 9.88 Å². The fourth-order valence-electron chi connectivity index (χ4n) is 2.59. The van der Waals surface area contributed by atoms with Gasteiger partial charge in [0.25, 0.3) is 5.91 Å². The van der Waals surface area contributed by atoms with E-state index in [0.717, 1.165) is 12.8 Å². The van der Waals surface area contributed by atoms with Gasteiger partial charge in [0.1, 0.15) is 5.69 Å². The molecule has 1 aliphatic rings. The molecule has 3 rings (SSSR count). The highest BCUT2D eigenvalue weighted by atomic mass is 32.1. The molecular weight excluding hydrogens is 282 g/mol. The minimum absolute atomic E-state index is 0.0364. The number of nitrogen functional groups attached to an aromatic ring is 1. The van der Waals surface area contributed by atoms with Gasteiger partial charge in [-0.05, 0) is 36.3 Å². The van der Waals surface area contributed by atoms with Gasteiger partial charge in [-0.25, -0.2) is 0 Å². The Bertz CT molecular complexity index is 626. The van der Waals surface area contributed by atoms with Gasteiger partial charge in [0.15, 0.2) is 0 Å². The van der Waals surface area contributed by atoms with Crippen LogP contribution in [0.2, 0.25) is 0 Å². The maximum Gasteiger partial charge on any atom is 0.268 e. The van der Waals surface area contributed by atoms with Crippen molar-refractivity contribution in [2.45, 2.75) is 38.8 Å². The zero-order valence-electron chi connectivity index (χ0n) is 12.4. The highest BCUT2D eigenvalue weighted by Crippen LogP contribution is 2.37. The van der Waals surface area contributed by atoms with Crippen molar-refractivity contribution in [3.63, 3.8) is 0 Å². The van der Waals surface area contributed by atoms with E-state index in [0.29, 0.717) is 23.3 Å². The third kappa shape index (κ3) is 2.97. The van der Waals surface area contributed by atoms with Crippen LogP contribution in [0.3, 0.4) is 0 Å². The van der Waals surface area contributed by atoms with Gasteiger partial charge in [0.05, 0.1) is 11.7 Å². The number of rotatable bonds is 5. The summed E-state index contributed by atoms with van der Waals surface area (Å²) in [5.41, 5.74) is 7.20. The van der Waals surface area contributed by atoms with E-state index in [9.17, 15) is 4.79 Å². The van der Waals surface area contributed by atoms with Crippen molar-refractivity contribution in [1.29, 1.82) is 0 Å². The topological polar surface area (TPSA) is 60.1 Å². The molecule has 2 heterocycles. The molecule has 0 saturated heterocycles. The van der Waals surface area contributed by atoms with Gasteiger partial charge >= 0.3 is 0 Å². The highest BCUT2D eigenvalue weighted by Gasteiger charge is 2.29. The van der Waals surface area contributed by atoms with Gasteiger partial charge < -0.3 is 15.6 Å². The fourth-order valence-corrected chi connectivity index (χ4v) is 3.54. The van der Waals surface area contributed by atoms with E-state index in [2.05, 4.69) is 25.2 Å². The lowest BCUT2D eigenvalue weighted by Crippen LogP contribution is -2.32. The molecule has 2 aromatic rings. The Balaban J connectivity index is 1.81. The molecule has 5 heteroatoms. The zero-order valence-corrected chi connectivity index (χ0v) is 13.2. The van der Waals surface area contributed by atoms with E-state index >= 15 is 0 Å². The van der Waals surface area contributed by atoms with Gasteiger partial charge in [-0.1, -0.05) is 19.9 Å². The quantitative estimate of drug-likeness (QED) is 0.886. The number of amides is 1. The maximum atomic E-state index is 12.6. The number of nitrogens with two attached hydrogens (primary N) is 1. The summed E-state index contributed by atoms with van der Waals surface area (Å²) in [6, 6.07) is 6.36. The second-order valence-corrected chi connectivity index (χ2v) is 6.99. The smallest absolute Gasteiger partial charge is 0.268 e. The monoisotopic (exact) mass is 303 g/mol. The summed E-state index contributed by atoms with van der Waals surface area (Å²) in [7, 11) is 0. The zero-order chi connectivity index (χ0) is 15.0. The fraction of sp³-hybridized carbons (Fsp3) is 0.438. The average molecular weight is 303 g/mol. The lowest BCUT2D eigenvalue weighted by molar-refractivity contribution is 0.0917. The molecule has 1 aliphatic carbocycles. The number of thiophene rings is 1. The van der Waals surface area contributed by atoms with Crippen LogP contribution in [0, 0.1) is 5.92 Å². The van der Waals surface area contributed by atoms with Crippen molar-refractivity contribution >= 4 is 22.9 Å². The number of hydrogen-bond acceptors (Lipinski definition) is 3. The van der Waals surface area contributed by atoms with Crippen LogP contribution < -0.4 is 11.1 Å². The Kier molecular flexibility index (Phi) is 3.76. The molecule has 0 bridgehead atoms. The second-order valence-electron chi connectivity index (χ2n) is 6.01.